The zero-order chi connectivity index (χ0) is 9.97. The monoisotopic (exact) mass is 204 g/mol. The van der Waals surface area contributed by atoms with Crippen LogP contribution in [0.4, 0.5) is 0 Å². The fourth-order valence-corrected chi connectivity index (χ4v) is 1.54. The second kappa shape index (κ2) is 3.86. The summed E-state index contributed by atoms with van der Waals surface area (Å²) in [5.74, 6) is 6.24. The molecule has 1 nitrogen and oxygen atoms in total. The fourth-order valence-electron chi connectivity index (χ4n) is 1.30. The van der Waals surface area contributed by atoms with Crippen LogP contribution >= 0.6 is 11.6 Å². The summed E-state index contributed by atoms with van der Waals surface area (Å²) >= 11 is 5.34. The molecule has 1 aromatic rings. The SMILES string of the molecule is O=C(Cl)[C@@H]1C[C@@H]1C#Cc1ccccc1. The van der Waals surface area contributed by atoms with Gasteiger partial charge in [-0.05, 0) is 30.2 Å². The van der Waals surface area contributed by atoms with Crippen LogP contribution in [0.25, 0.3) is 0 Å². The van der Waals surface area contributed by atoms with Gasteiger partial charge in [-0.2, -0.15) is 0 Å². The van der Waals surface area contributed by atoms with Crippen molar-refractivity contribution in [1.29, 1.82) is 0 Å². The highest BCUT2D eigenvalue weighted by molar-refractivity contribution is 6.64. The maximum absolute atomic E-state index is 10.7. The minimum atomic E-state index is -0.252. The van der Waals surface area contributed by atoms with E-state index in [9.17, 15) is 4.79 Å². The van der Waals surface area contributed by atoms with E-state index in [1.54, 1.807) is 0 Å². The molecule has 2 heteroatoms. The smallest absolute Gasteiger partial charge is 0.226 e. The Hall–Kier alpha value is -1.26. The lowest BCUT2D eigenvalue weighted by Gasteiger charge is -1.86. The van der Waals surface area contributed by atoms with Crippen LogP contribution in [0, 0.1) is 23.7 Å². The zero-order valence-electron chi connectivity index (χ0n) is 7.53. The quantitative estimate of drug-likeness (QED) is 0.507. The van der Waals surface area contributed by atoms with Crippen LogP contribution in [0.5, 0.6) is 0 Å². The van der Waals surface area contributed by atoms with Gasteiger partial charge in [0.05, 0.1) is 0 Å². The van der Waals surface area contributed by atoms with E-state index >= 15 is 0 Å². The van der Waals surface area contributed by atoms with Crippen molar-refractivity contribution >= 4 is 16.8 Å². The number of carbonyl (C=O) groups excluding carboxylic acids is 1. The molecule has 2 atom stereocenters. The number of hydrogen-bond acceptors (Lipinski definition) is 1. The highest BCUT2D eigenvalue weighted by Gasteiger charge is 2.40. The van der Waals surface area contributed by atoms with Crippen molar-refractivity contribution in [3.63, 3.8) is 0 Å². The lowest BCUT2D eigenvalue weighted by atomic mass is 10.2. The van der Waals surface area contributed by atoms with E-state index in [2.05, 4.69) is 11.8 Å². The van der Waals surface area contributed by atoms with Gasteiger partial charge < -0.3 is 0 Å². The number of hydrogen-bond donors (Lipinski definition) is 0. The molecule has 1 aliphatic carbocycles. The third kappa shape index (κ3) is 2.16. The van der Waals surface area contributed by atoms with Crippen LogP contribution in [-0.2, 0) is 4.79 Å². The first kappa shape index (κ1) is 9.30. The zero-order valence-corrected chi connectivity index (χ0v) is 8.29. The van der Waals surface area contributed by atoms with Crippen molar-refractivity contribution in [2.75, 3.05) is 0 Å². The van der Waals surface area contributed by atoms with Gasteiger partial charge in [-0.1, -0.05) is 30.0 Å². The summed E-state index contributed by atoms with van der Waals surface area (Å²) < 4.78 is 0. The standard InChI is InChI=1S/C12H9ClO/c13-12(14)11-8-10(11)7-6-9-4-2-1-3-5-9/h1-5,10-11H,8H2/t10-,11+/m0/s1. The normalized spacial score (nSPS) is 23.5. The van der Waals surface area contributed by atoms with E-state index in [0.29, 0.717) is 0 Å². The average Bonchev–Trinajstić information content (AvgIpc) is 2.96. The molecule has 0 unspecified atom stereocenters. The lowest BCUT2D eigenvalue weighted by molar-refractivity contribution is -0.112. The van der Waals surface area contributed by atoms with Crippen LogP contribution in [0.3, 0.4) is 0 Å². The number of halogens is 1. The molecule has 2 rings (SSSR count). The first-order valence-electron chi connectivity index (χ1n) is 4.53. The molecular weight excluding hydrogens is 196 g/mol. The van der Waals surface area contributed by atoms with E-state index in [1.807, 2.05) is 30.3 Å². The van der Waals surface area contributed by atoms with Crippen molar-refractivity contribution in [1.82, 2.24) is 0 Å². The molecule has 0 heterocycles. The molecule has 0 spiro atoms. The molecule has 0 aliphatic heterocycles. The highest BCUT2D eigenvalue weighted by atomic mass is 35.5. The van der Waals surface area contributed by atoms with E-state index in [-0.39, 0.29) is 17.1 Å². The van der Waals surface area contributed by atoms with Crippen molar-refractivity contribution < 1.29 is 4.79 Å². The number of benzene rings is 1. The molecule has 0 aromatic heterocycles. The van der Waals surface area contributed by atoms with E-state index in [4.69, 9.17) is 11.6 Å². The Morgan fingerprint density at radius 2 is 2.07 bits per heavy atom. The van der Waals surface area contributed by atoms with Crippen molar-refractivity contribution in [3.05, 3.63) is 35.9 Å². The molecule has 1 aliphatic rings. The van der Waals surface area contributed by atoms with Gasteiger partial charge in [0.25, 0.3) is 0 Å². The van der Waals surface area contributed by atoms with E-state index in [1.165, 1.54) is 0 Å². The third-order valence-corrected chi connectivity index (χ3v) is 2.54. The summed E-state index contributed by atoms with van der Waals surface area (Å²) in [7, 11) is 0. The van der Waals surface area contributed by atoms with Crippen molar-refractivity contribution in [2.45, 2.75) is 6.42 Å². The highest BCUT2D eigenvalue weighted by Crippen LogP contribution is 2.39. The molecule has 0 saturated heterocycles. The summed E-state index contributed by atoms with van der Waals surface area (Å²) in [4.78, 5) is 10.7. The molecule has 14 heavy (non-hydrogen) atoms. The minimum Gasteiger partial charge on any atom is -0.281 e. The molecule has 1 aromatic carbocycles. The van der Waals surface area contributed by atoms with Gasteiger partial charge in [0.15, 0.2) is 0 Å². The second-order valence-electron chi connectivity index (χ2n) is 3.39. The Kier molecular flexibility index (Phi) is 2.56. The molecule has 70 valence electrons. The summed E-state index contributed by atoms with van der Waals surface area (Å²) in [6.45, 7) is 0. The summed E-state index contributed by atoms with van der Waals surface area (Å²) in [5.41, 5.74) is 0.986. The topological polar surface area (TPSA) is 17.1 Å². The van der Waals surface area contributed by atoms with Gasteiger partial charge in [0, 0.05) is 17.4 Å². The second-order valence-corrected chi connectivity index (χ2v) is 3.76. The maximum atomic E-state index is 10.7. The Balaban J connectivity index is 2.00. The third-order valence-electron chi connectivity index (χ3n) is 2.26. The van der Waals surface area contributed by atoms with Gasteiger partial charge in [-0.3, -0.25) is 4.79 Å². The average molecular weight is 205 g/mol. The van der Waals surface area contributed by atoms with E-state index < -0.39 is 0 Å². The van der Waals surface area contributed by atoms with Gasteiger partial charge in [-0.25, -0.2) is 0 Å². The predicted molar refractivity (Wildman–Crippen MR) is 55.8 cm³/mol. The molecule has 0 radical (unpaired) electrons. The summed E-state index contributed by atoms with van der Waals surface area (Å²) in [6.07, 6.45) is 0.822. The first-order chi connectivity index (χ1) is 6.77. The van der Waals surface area contributed by atoms with Gasteiger partial charge in [0.1, 0.15) is 0 Å². The first-order valence-corrected chi connectivity index (χ1v) is 4.91. The molecule has 0 bridgehead atoms. The van der Waals surface area contributed by atoms with Gasteiger partial charge in [0.2, 0.25) is 5.24 Å². The lowest BCUT2D eigenvalue weighted by Crippen LogP contribution is -1.89. The number of rotatable bonds is 1. The van der Waals surface area contributed by atoms with Crippen molar-refractivity contribution in [3.8, 4) is 11.8 Å². The Morgan fingerprint density at radius 3 is 2.64 bits per heavy atom. The Labute approximate surface area is 88.1 Å². The summed E-state index contributed by atoms with van der Waals surface area (Å²) in [5, 5.41) is -0.252. The maximum Gasteiger partial charge on any atom is 0.226 e. The van der Waals surface area contributed by atoms with Crippen LogP contribution in [-0.4, -0.2) is 5.24 Å². The summed E-state index contributed by atoms with van der Waals surface area (Å²) in [6, 6.07) is 9.75. The Morgan fingerprint density at radius 1 is 1.36 bits per heavy atom. The molecule has 1 fully saturated rings. The Bertz CT molecular complexity index is 399. The molecule has 1 saturated carbocycles. The number of carbonyl (C=O) groups is 1. The fraction of sp³-hybridized carbons (Fsp3) is 0.250. The van der Waals surface area contributed by atoms with Crippen LogP contribution in [0.15, 0.2) is 30.3 Å². The molecular formula is C12H9ClO. The minimum absolute atomic E-state index is 0.0205. The van der Waals surface area contributed by atoms with Gasteiger partial charge in [-0.15, -0.1) is 0 Å². The molecule has 0 N–H and O–H groups in total. The van der Waals surface area contributed by atoms with Crippen LogP contribution in [0.1, 0.15) is 12.0 Å². The van der Waals surface area contributed by atoms with Gasteiger partial charge >= 0.3 is 0 Å². The van der Waals surface area contributed by atoms with E-state index in [0.717, 1.165) is 12.0 Å². The molecule has 0 amide bonds. The van der Waals surface area contributed by atoms with Crippen LogP contribution in [0.2, 0.25) is 0 Å². The van der Waals surface area contributed by atoms with Crippen LogP contribution < -0.4 is 0 Å². The van der Waals surface area contributed by atoms with Crippen molar-refractivity contribution in [2.24, 2.45) is 11.8 Å². The predicted octanol–water partition coefficient (Wildman–Crippen LogP) is 2.44. The largest absolute Gasteiger partial charge is 0.281 e.